The molecule has 6 heteroatoms. The van der Waals surface area contributed by atoms with Gasteiger partial charge in [0.15, 0.2) is 0 Å². The van der Waals surface area contributed by atoms with Crippen LogP contribution in [0.1, 0.15) is 13.3 Å². The maximum absolute atomic E-state index is 11.5. The number of halogens is 1. The topological polar surface area (TPSA) is 75.6 Å². The fourth-order valence-electron chi connectivity index (χ4n) is 2.68. The summed E-state index contributed by atoms with van der Waals surface area (Å²) in [5, 5.41) is 12.0. The van der Waals surface area contributed by atoms with Crippen LogP contribution in [0.5, 0.6) is 0 Å². The largest absolute Gasteiger partial charge is 0.480 e. The molecule has 2 aliphatic heterocycles. The summed E-state index contributed by atoms with van der Waals surface area (Å²) in [5.41, 5.74) is -0.530. The van der Waals surface area contributed by atoms with Gasteiger partial charge in [-0.3, -0.25) is 9.59 Å². The quantitative estimate of drug-likeness (QED) is 0.433. The molecule has 0 aromatic rings. The van der Waals surface area contributed by atoms with Crippen molar-refractivity contribution in [1.82, 2.24) is 5.32 Å². The first-order valence-electron chi connectivity index (χ1n) is 5.22. The molecule has 0 aromatic carbocycles. The highest BCUT2D eigenvalue weighted by molar-refractivity contribution is 14.1. The van der Waals surface area contributed by atoms with Gasteiger partial charge in [0.25, 0.3) is 0 Å². The number of cyclic esters (lactones) is 1. The number of fused-ring (bicyclic) bond motifs is 1. The Labute approximate surface area is 107 Å². The molecule has 2 aliphatic rings. The molecule has 2 N–H and O–H groups in total. The fourth-order valence-corrected chi connectivity index (χ4v) is 3.41. The van der Waals surface area contributed by atoms with Crippen molar-refractivity contribution < 1.29 is 19.4 Å². The van der Waals surface area contributed by atoms with Crippen molar-refractivity contribution in [2.24, 2.45) is 11.8 Å². The van der Waals surface area contributed by atoms with Crippen molar-refractivity contribution in [3.05, 3.63) is 0 Å². The maximum Gasteiger partial charge on any atom is 0.321 e. The summed E-state index contributed by atoms with van der Waals surface area (Å²) < 4.78 is 6.07. The number of ether oxygens (including phenoxy) is 1. The van der Waals surface area contributed by atoms with Crippen LogP contribution in [-0.2, 0) is 14.3 Å². The second kappa shape index (κ2) is 4.14. The highest BCUT2D eigenvalue weighted by atomic mass is 127. The summed E-state index contributed by atoms with van der Waals surface area (Å²) in [6, 6.07) is -0.611. The van der Waals surface area contributed by atoms with E-state index in [0.717, 1.165) is 0 Å². The minimum Gasteiger partial charge on any atom is -0.480 e. The van der Waals surface area contributed by atoms with Crippen molar-refractivity contribution in [1.29, 1.82) is 0 Å². The smallest absolute Gasteiger partial charge is 0.321 e. The molecule has 0 amide bonds. The zero-order chi connectivity index (χ0) is 11.9. The van der Waals surface area contributed by atoms with Crippen LogP contribution in [0.15, 0.2) is 0 Å². The number of carbonyl (C=O) groups is 2. The van der Waals surface area contributed by atoms with Crippen LogP contribution in [0.3, 0.4) is 0 Å². The predicted octanol–water partition coefficient (Wildman–Crippen LogP) is 0.416. The van der Waals surface area contributed by atoms with Gasteiger partial charge < -0.3 is 15.2 Å². The molecule has 0 radical (unpaired) electrons. The van der Waals surface area contributed by atoms with E-state index in [1.807, 2.05) is 6.92 Å². The van der Waals surface area contributed by atoms with Crippen LogP contribution in [0.2, 0.25) is 0 Å². The zero-order valence-corrected chi connectivity index (χ0v) is 11.1. The Morgan fingerprint density at radius 1 is 1.75 bits per heavy atom. The molecule has 0 aromatic heterocycles. The van der Waals surface area contributed by atoms with E-state index in [9.17, 15) is 9.59 Å². The van der Waals surface area contributed by atoms with Crippen molar-refractivity contribution in [3.8, 4) is 0 Å². The third kappa shape index (κ3) is 1.81. The van der Waals surface area contributed by atoms with Crippen LogP contribution < -0.4 is 5.32 Å². The molecule has 2 heterocycles. The standard InChI is InChI=1S/C10H14INO4/c1-10(4-11)6-3-12-8(9(14)15)5(6)2-7(13)16-10/h5-6,8,12H,2-4H2,1H3,(H,14,15)/t5-,6-,8-,10?/m0/s1. The third-order valence-electron chi connectivity index (χ3n) is 3.57. The van der Waals surface area contributed by atoms with E-state index in [4.69, 9.17) is 9.84 Å². The summed E-state index contributed by atoms with van der Waals surface area (Å²) >= 11 is 2.18. The van der Waals surface area contributed by atoms with E-state index in [1.54, 1.807) is 0 Å². The Hall–Kier alpha value is -0.370. The highest BCUT2D eigenvalue weighted by Crippen LogP contribution is 2.41. The van der Waals surface area contributed by atoms with Gasteiger partial charge in [-0.2, -0.15) is 0 Å². The number of nitrogens with one attached hydrogen (secondary N) is 1. The molecule has 0 aliphatic carbocycles. The molecule has 16 heavy (non-hydrogen) atoms. The summed E-state index contributed by atoms with van der Waals surface area (Å²) in [6.45, 7) is 2.49. The summed E-state index contributed by atoms with van der Waals surface area (Å²) in [4.78, 5) is 22.5. The van der Waals surface area contributed by atoms with Gasteiger partial charge in [-0.05, 0) is 6.92 Å². The number of esters is 1. The second-order valence-electron chi connectivity index (χ2n) is 4.62. The maximum atomic E-state index is 11.5. The lowest BCUT2D eigenvalue weighted by molar-refractivity contribution is -0.173. The molecule has 0 spiro atoms. The Balaban J connectivity index is 2.26. The molecule has 0 saturated carbocycles. The number of carboxylic acid groups (broad SMARTS) is 1. The number of aliphatic carboxylic acids is 1. The zero-order valence-electron chi connectivity index (χ0n) is 8.90. The minimum absolute atomic E-state index is 0.100. The molecule has 2 rings (SSSR count). The fraction of sp³-hybridized carbons (Fsp3) is 0.800. The molecule has 90 valence electrons. The molecule has 1 unspecified atom stereocenters. The number of rotatable bonds is 2. The minimum atomic E-state index is -0.877. The Morgan fingerprint density at radius 3 is 3.00 bits per heavy atom. The molecule has 4 atom stereocenters. The lowest BCUT2D eigenvalue weighted by atomic mass is 9.76. The van der Waals surface area contributed by atoms with Gasteiger partial charge in [0.1, 0.15) is 11.6 Å². The number of alkyl halides is 1. The van der Waals surface area contributed by atoms with Crippen molar-refractivity contribution in [2.45, 2.75) is 25.0 Å². The number of carbonyl (C=O) groups excluding carboxylic acids is 1. The van der Waals surface area contributed by atoms with Crippen LogP contribution >= 0.6 is 22.6 Å². The van der Waals surface area contributed by atoms with Gasteiger partial charge in [-0.1, -0.05) is 22.6 Å². The van der Waals surface area contributed by atoms with E-state index >= 15 is 0 Å². The lowest BCUT2D eigenvalue weighted by Gasteiger charge is -2.41. The van der Waals surface area contributed by atoms with Gasteiger partial charge in [0.2, 0.25) is 0 Å². The van der Waals surface area contributed by atoms with Gasteiger partial charge in [-0.25, -0.2) is 0 Å². The molecule has 2 saturated heterocycles. The van der Waals surface area contributed by atoms with E-state index in [1.165, 1.54) is 0 Å². The monoisotopic (exact) mass is 339 g/mol. The number of hydrogen-bond acceptors (Lipinski definition) is 4. The Bertz CT molecular complexity index is 335. The van der Waals surface area contributed by atoms with Gasteiger partial charge in [-0.15, -0.1) is 0 Å². The molecular formula is C10H14INO4. The van der Waals surface area contributed by atoms with Crippen molar-refractivity contribution in [2.75, 3.05) is 11.0 Å². The average Bonchev–Trinajstić information content (AvgIpc) is 2.61. The lowest BCUT2D eigenvalue weighted by Crippen LogP contribution is -2.51. The van der Waals surface area contributed by atoms with Crippen molar-refractivity contribution >= 4 is 34.5 Å². The first-order chi connectivity index (χ1) is 7.48. The number of carboxylic acids is 1. The van der Waals surface area contributed by atoms with Crippen LogP contribution in [0.25, 0.3) is 0 Å². The third-order valence-corrected chi connectivity index (χ3v) is 5.08. The first kappa shape index (κ1) is 12.1. The van der Waals surface area contributed by atoms with E-state index < -0.39 is 17.6 Å². The predicted molar refractivity (Wildman–Crippen MR) is 64.4 cm³/mol. The second-order valence-corrected chi connectivity index (χ2v) is 5.38. The summed E-state index contributed by atoms with van der Waals surface area (Å²) in [7, 11) is 0. The first-order valence-corrected chi connectivity index (χ1v) is 6.74. The van der Waals surface area contributed by atoms with E-state index in [2.05, 4.69) is 27.9 Å². The summed E-state index contributed by atoms with van der Waals surface area (Å²) in [6.07, 6.45) is 0.209. The van der Waals surface area contributed by atoms with Crippen LogP contribution in [-0.4, -0.2) is 39.7 Å². The van der Waals surface area contributed by atoms with Gasteiger partial charge in [0, 0.05) is 22.8 Å². The SMILES string of the molecule is CC1(CI)OC(=O)C[C@@H]2[C@@H](C(=O)O)NC[C@@H]21. The van der Waals surface area contributed by atoms with Gasteiger partial charge in [0.05, 0.1) is 6.42 Å². The highest BCUT2D eigenvalue weighted by Gasteiger charge is 2.54. The summed E-state index contributed by atoms with van der Waals surface area (Å²) in [5.74, 6) is -1.20. The van der Waals surface area contributed by atoms with Crippen LogP contribution in [0, 0.1) is 11.8 Å². The molecule has 2 fully saturated rings. The molecular weight excluding hydrogens is 325 g/mol. The molecule has 0 bridgehead atoms. The van der Waals surface area contributed by atoms with E-state index in [-0.39, 0.29) is 24.2 Å². The van der Waals surface area contributed by atoms with E-state index in [0.29, 0.717) is 11.0 Å². The van der Waals surface area contributed by atoms with Crippen LogP contribution in [0.4, 0.5) is 0 Å². The Kier molecular flexibility index (Phi) is 3.13. The Morgan fingerprint density at radius 2 is 2.44 bits per heavy atom. The number of hydrogen-bond donors (Lipinski definition) is 2. The van der Waals surface area contributed by atoms with Crippen molar-refractivity contribution in [3.63, 3.8) is 0 Å². The molecule has 5 nitrogen and oxygen atoms in total. The average molecular weight is 339 g/mol. The van der Waals surface area contributed by atoms with Gasteiger partial charge >= 0.3 is 11.9 Å². The normalized spacial score (nSPS) is 42.6.